The van der Waals surface area contributed by atoms with Crippen LogP contribution in [0.25, 0.3) is 0 Å². The van der Waals surface area contributed by atoms with Gasteiger partial charge >= 0.3 is 5.97 Å². The molecule has 0 aromatic heterocycles. The van der Waals surface area contributed by atoms with Crippen LogP contribution in [0.15, 0.2) is 28.7 Å². The van der Waals surface area contributed by atoms with Crippen LogP contribution in [0.2, 0.25) is 0 Å². The lowest BCUT2D eigenvalue weighted by Gasteiger charge is -2.22. The molecule has 0 aliphatic heterocycles. The molecule has 0 aliphatic carbocycles. The van der Waals surface area contributed by atoms with Crippen molar-refractivity contribution in [2.45, 2.75) is 13.3 Å². The normalized spacial score (nSPS) is 9.94. The predicted octanol–water partition coefficient (Wildman–Crippen LogP) is 2.84. The smallest absolute Gasteiger partial charge is 0.307 e. The van der Waals surface area contributed by atoms with E-state index in [1.165, 1.54) is 7.11 Å². The molecule has 0 saturated heterocycles. The summed E-state index contributed by atoms with van der Waals surface area (Å²) in [7, 11) is 1.41. The summed E-state index contributed by atoms with van der Waals surface area (Å²) in [6, 6.07) is 8.05. The first-order valence-electron chi connectivity index (χ1n) is 5.24. The van der Waals surface area contributed by atoms with Crippen LogP contribution in [0.1, 0.15) is 13.3 Å². The third-order valence-electron chi connectivity index (χ3n) is 2.37. The van der Waals surface area contributed by atoms with Gasteiger partial charge in [-0.2, -0.15) is 0 Å². The monoisotopic (exact) mass is 285 g/mol. The van der Waals surface area contributed by atoms with Crippen LogP contribution >= 0.6 is 15.9 Å². The van der Waals surface area contributed by atoms with Crippen LogP contribution in [-0.4, -0.2) is 26.2 Å². The second kappa shape index (κ2) is 6.53. The second-order valence-electron chi connectivity index (χ2n) is 3.39. The number of carbonyl (C=O) groups excluding carboxylic acids is 1. The molecule has 0 amide bonds. The van der Waals surface area contributed by atoms with Gasteiger partial charge in [-0.05, 0) is 25.1 Å². The molecule has 1 aromatic carbocycles. The highest BCUT2D eigenvalue weighted by Crippen LogP contribution is 2.19. The van der Waals surface area contributed by atoms with Crippen molar-refractivity contribution in [3.05, 3.63) is 28.7 Å². The van der Waals surface area contributed by atoms with Gasteiger partial charge in [0.25, 0.3) is 0 Å². The molecule has 0 saturated carbocycles. The Balaban J connectivity index is 2.64. The van der Waals surface area contributed by atoms with Gasteiger partial charge in [-0.15, -0.1) is 0 Å². The van der Waals surface area contributed by atoms with Crippen molar-refractivity contribution in [1.29, 1.82) is 0 Å². The minimum absolute atomic E-state index is 0.173. The molecule has 0 spiro atoms. The first-order valence-corrected chi connectivity index (χ1v) is 6.04. The number of halogens is 1. The molecule has 1 rings (SSSR count). The molecule has 4 heteroatoms. The van der Waals surface area contributed by atoms with Crippen LogP contribution < -0.4 is 4.90 Å². The maximum absolute atomic E-state index is 11.1. The molecule has 0 atom stereocenters. The largest absolute Gasteiger partial charge is 0.469 e. The van der Waals surface area contributed by atoms with Crippen LogP contribution in [0.3, 0.4) is 0 Å². The number of esters is 1. The Morgan fingerprint density at radius 3 is 2.81 bits per heavy atom. The van der Waals surface area contributed by atoms with Crippen molar-refractivity contribution in [3.63, 3.8) is 0 Å². The zero-order valence-corrected chi connectivity index (χ0v) is 11.2. The van der Waals surface area contributed by atoms with E-state index in [1.54, 1.807) is 0 Å². The topological polar surface area (TPSA) is 29.5 Å². The Morgan fingerprint density at radius 1 is 1.50 bits per heavy atom. The molecule has 16 heavy (non-hydrogen) atoms. The van der Waals surface area contributed by atoms with Gasteiger partial charge in [0.2, 0.25) is 0 Å². The first kappa shape index (κ1) is 13.0. The number of hydrogen-bond donors (Lipinski definition) is 0. The molecule has 3 nitrogen and oxygen atoms in total. The van der Waals surface area contributed by atoms with E-state index in [9.17, 15) is 4.79 Å². The van der Waals surface area contributed by atoms with Gasteiger partial charge in [0.15, 0.2) is 0 Å². The summed E-state index contributed by atoms with van der Waals surface area (Å²) in [6.45, 7) is 3.62. The molecular formula is C12H16BrNO2. The molecule has 0 fully saturated rings. The van der Waals surface area contributed by atoms with Crippen LogP contribution in [0.4, 0.5) is 5.69 Å². The van der Waals surface area contributed by atoms with Crippen molar-refractivity contribution in [2.75, 3.05) is 25.1 Å². The van der Waals surface area contributed by atoms with Crippen LogP contribution in [0, 0.1) is 0 Å². The van der Waals surface area contributed by atoms with E-state index >= 15 is 0 Å². The van der Waals surface area contributed by atoms with Crippen molar-refractivity contribution in [3.8, 4) is 0 Å². The Bertz CT molecular complexity index is 355. The summed E-state index contributed by atoms with van der Waals surface area (Å²) in [5.41, 5.74) is 1.11. The van der Waals surface area contributed by atoms with Gasteiger partial charge in [-0.3, -0.25) is 4.79 Å². The highest BCUT2D eigenvalue weighted by Gasteiger charge is 2.07. The van der Waals surface area contributed by atoms with E-state index in [0.717, 1.165) is 16.7 Å². The lowest BCUT2D eigenvalue weighted by Crippen LogP contribution is -2.26. The summed E-state index contributed by atoms with van der Waals surface area (Å²) in [5.74, 6) is -0.173. The predicted molar refractivity (Wildman–Crippen MR) is 68.7 cm³/mol. The highest BCUT2D eigenvalue weighted by atomic mass is 79.9. The fourth-order valence-electron chi connectivity index (χ4n) is 1.47. The number of anilines is 1. The quantitative estimate of drug-likeness (QED) is 0.779. The zero-order chi connectivity index (χ0) is 12.0. The lowest BCUT2D eigenvalue weighted by atomic mass is 10.2. The first-order chi connectivity index (χ1) is 7.67. The molecule has 0 radical (unpaired) electrons. The molecular weight excluding hydrogens is 270 g/mol. The van der Waals surface area contributed by atoms with Crippen molar-refractivity contribution in [1.82, 2.24) is 0 Å². The molecule has 0 unspecified atom stereocenters. The Morgan fingerprint density at radius 2 is 2.25 bits per heavy atom. The second-order valence-corrected chi connectivity index (χ2v) is 4.30. The van der Waals surface area contributed by atoms with Gasteiger partial charge in [-0.25, -0.2) is 0 Å². The maximum atomic E-state index is 11.1. The number of methoxy groups -OCH3 is 1. The van der Waals surface area contributed by atoms with E-state index in [2.05, 4.69) is 32.5 Å². The van der Waals surface area contributed by atoms with Crippen LogP contribution in [-0.2, 0) is 9.53 Å². The van der Waals surface area contributed by atoms with E-state index in [1.807, 2.05) is 24.3 Å². The molecule has 0 N–H and O–H groups in total. The van der Waals surface area contributed by atoms with Gasteiger partial charge in [0.05, 0.1) is 13.5 Å². The fraction of sp³-hybridized carbons (Fsp3) is 0.417. The number of ether oxygens (including phenoxy) is 1. The Labute approximate surface area is 105 Å². The van der Waals surface area contributed by atoms with E-state index in [-0.39, 0.29) is 5.97 Å². The maximum Gasteiger partial charge on any atom is 0.307 e. The number of hydrogen-bond acceptors (Lipinski definition) is 3. The number of rotatable bonds is 5. The summed E-state index contributed by atoms with van der Waals surface area (Å²) in [6.07, 6.45) is 0.414. The summed E-state index contributed by atoms with van der Waals surface area (Å²) in [5, 5.41) is 0. The van der Waals surface area contributed by atoms with Gasteiger partial charge in [0.1, 0.15) is 0 Å². The summed E-state index contributed by atoms with van der Waals surface area (Å²) in [4.78, 5) is 13.2. The number of carbonyl (C=O) groups is 1. The molecule has 1 aromatic rings. The highest BCUT2D eigenvalue weighted by molar-refractivity contribution is 9.10. The molecule has 0 aliphatic rings. The summed E-state index contributed by atoms with van der Waals surface area (Å²) < 4.78 is 5.67. The average molecular weight is 286 g/mol. The minimum Gasteiger partial charge on any atom is -0.469 e. The minimum atomic E-state index is -0.173. The number of benzene rings is 1. The van der Waals surface area contributed by atoms with E-state index < -0.39 is 0 Å². The third kappa shape index (κ3) is 3.85. The molecule has 88 valence electrons. The molecule has 0 heterocycles. The van der Waals surface area contributed by atoms with Crippen molar-refractivity contribution >= 4 is 27.6 Å². The van der Waals surface area contributed by atoms with E-state index in [0.29, 0.717) is 13.0 Å². The lowest BCUT2D eigenvalue weighted by molar-refractivity contribution is -0.140. The zero-order valence-electron chi connectivity index (χ0n) is 9.57. The SMILES string of the molecule is CCN(CCC(=O)OC)c1cccc(Br)c1. The standard InChI is InChI=1S/C12H16BrNO2/c1-3-14(8-7-12(15)16-2)11-6-4-5-10(13)9-11/h4-6,9H,3,7-8H2,1-2H3. The Kier molecular flexibility index (Phi) is 5.32. The van der Waals surface area contributed by atoms with E-state index in [4.69, 9.17) is 0 Å². The van der Waals surface area contributed by atoms with Crippen LogP contribution in [0.5, 0.6) is 0 Å². The average Bonchev–Trinajstić information content (AvgIpc) is 2.29. The Hall–Kier alpha value is -1.03. The van der Waals surface area contributed by atoms with Crippen molar-refractivity contribution in [2.24, 2.45) is 0 Å². The van der Waals surface area contributed by atoms with Gasteiger partial charge in [-0.1, -0.05) is 22.0 Å². The van der Waals surface area contributed by atoms with Crippen molar-refractivity contribution < 1.29 is 9.53 Å². The number of nitrogens with zero attached hydrogens (tertiary/aromatic N) is 1. The fourth-order valence-corrected chi connectivity index (χ4v) is 1.86. The third-order valence-corrected chi connectivity index (χ3v) is 2.86. The summed E-state index contributed by atoms with van der Waals surface area (Å²) >= 11 is 3.44. The van der Waals surface area contributed by atoms with Gasteiger partial charge in [0, 0.05) is 23.2 Å². The molecule has 0 bridgehead atoms. The van der Waals surface area contributed by atoms with Gasteiger partial charge < -0.3 is 9.64 Å².